The van der Waals surface area contributed by atoms with Crippen molar-refractivity contribution in [1.82, 2.24) is 4.98 Å². The van der Waals surface area contributed by atoms with Crippen molar-refractivity contribution < 1.29 is 14.3 Å². The summed E-state index contributed by atoms with van der Waals surface area (Å²) in [7, 11) is 0. The highest BCUT2D eigenvalue weighted by atomic mass is 16.5. The average Bonchev–Trinajstić information content (AvgIpc) is 2.75. The number of rotatable bonds is 8. The molecule has 0 radical (unpaired) electrons. The Bertz CT molecular complexity index is 874. The molecule has 0 aliphatic heterocycles. The van der Waals surface area contributed by atoms with Crippen LogP contribution in [-0.2, 0) is 17.6 Å². The van der Waals surface area contributed by atoms with E-state index in [0.29, 0.717) is 18.6 Å². The maximum atomic E-state index is 12.2. The summed E-state index contributed by atoms with van der Waals surface area (Å²) in [6.07, 6.45) is 3.14. The molecule has 0 aliphatic carbocycles. The lowest BCUT2D eigenvalue weighted by molar-refractivity contribution is 0.0337. The van der Waals surface area contributed by atoms with Crippen LogP contribution in [0.3, 0.4) is 0 Å². The number of aryl methyl sites for hydroxylation is 1. The second kappa shape index (κ2) is 9.70. The predicted octanol–water partition coefficient (Wildman–Crippen LogP) is 5.18. The molecule has 0 amide bonds. The van der Waals surface area contributed by atoms with Crippen molar-refractivity contribution in [2.24, 2.45) is 0 Å². The van der Waals surface area contributed by atoms with Crippen LogP contribution in [0.5, 0.6) is 5.75 Å². The van der Waals surface area contributed by atoms with Crippen molar-refractivity contribution in [2.45, 2.75) is 32.8 Å². The molecular formula is C24H25NO3. The Hall–Kier alpha value is -3.14. The fourth-order valence-corrected chi connectivity index (χ4v) is 2.79. The van der Waals surface area contributed by atoms with Crippen LogP contribution >= 0.6 is 0 Å². The van der Waals surface area contributed by atoms with Gasteiger partial charge in [-0.3, -0.25) is 4.98 Å². The van der Waals surface area contributed by atoms with Gasteiger partial charge in [-0.25, -0.2) is 4.79 Å². The van der Waals surface area contributed by atoms with Gasteiger partial charge in [-0.15, -0.1) is 0 Å². The maximum absolute atomic E-state index is 12.2. The maximum Gasteiger partial charge on any atom is 0.338 e. The summed E-state index contributed by atoms with van der Waals surface area (Å²) in [6.45, 7) is 4.55. The molecule has 3 aromatic rings. The number of ether oxygens (including phenoxy) is 2. The number of esters is 1. The van der Waals surface area contributed by atoms with Gasteiger partial charge < -0.3 is 9.47 Å². The molecule has 1 aromatic heterocycles. The van der Waals surface area contributed by atoms with Gasteiger partial charge in [0.25, 0.3) is 0 Å². The standard InChI is InChI=1S/C24H25NO3/c1-3-19-9-13-23(14-10-19)27-16-15-22-12-11-21(17-25-22)18(2)28-24(26)20-7-5-4-6-8-20/h4-14,17-18H,3,15-16H2,1-2H3. The van der Waals surface area contributed by atoms with Gasteiger partial charge in [0.1, 0.15) is 11.9 Å². The molecule has 1 atom stereocenters. The Morgan fingerprint density at radius 3 is 2.39 bits per heavy atom. The molecule has 1 heterocycles. The molecule has 3 rings (SSSR count). The number of nitrogens with zero attached hydrogens (tertiary/aromatic N) is 1. The first-order valence-electron chi connectivity index (χ1n) is 9.58. The van der Waals surface area contributed by atoms with Crippen LogP contribution in [-0.4, -0.2) is 17.6 Å². The van der Waals surface area contributed by atoms with Gasteiger partial charge in [-0.05, 0) is 49.2 Å². The van der Waals surface area contributed by atoms with Crippen LogP contribution in [0.4, 0.5) is 0 Å². The molecule has 2 aromatic carbocycles. The lowest BCUT2D eigenvalue weighted by Gasteiger charge is -2.14. The van der Waals surface area contributed by atoms with Crippen molar-refractivity contribution >= 4 is 5.97 Å². The molecule has 28 heavy (non-hydrogen) atoms. The van der Waals surface area contributed by atoms with E-state index in [9.17, 15) is 4.79 Å². The fraction of sp³-hybridized carbons (Fsp3) is 0.250. The lowest BCUT2D eigenvalue weighted by Crippen LogP contribution is -2.10. The average molecular weight is 375 g/mol. The second-order valence-electron chi connectivity index (χ2n) is 6.59. The summed E-state index contributed by atoms with van der Waals surface area (Å²) in [5.41, 5.74) is 3.65. The van der Waals surface area contributed by atoms with E-state index in [1.165, 1.54) is 5.56 Å². The molecular weight excluding hydrogens is 350 g/mol. The lowest BCUT2D eigenvalue weighted by atomic mass is 10.1. The van der Waals surface area contributed by atoms with Gasteiger partial charge in [0.05, 0.1) is 12.2 Å². The number of hydrogen-bond donors (Lipinski definition) is 0. The van der Waals surface area contributed by atoms with E-state index in [1.54, 1.807) is 18.3 Å². The zero-order chi connectivity index (χ0) is 19.8. The molecule has 4 nitrogen and oxygen atoms in total. The van der Waals surface area contributed by atoms with Gasteiger partial charge in [-0.1, -0.05) is 43.3 Å². The van der Waals surface area contributed by atoms with E-state index in [-0.39, 0.29) is 12.1 Å². The van der Waals surface area contributed by atoms with Crippen molar-refractivity contribution in [3.05, 3.63) is 95.3 Å². The second-order valence-corrected chi connectivity index (χ2v) is 6.59. The van der Waals surface area contributed by atoms with Crippen LogP contribution in [0.1, 0.15) is 47.1 Å². The van der Waals surface area contributed by atoms with Crippen molar-refractivity contribution in [3.8, 4) is 5.75 Å². The van der Waals surface area contributed by atoms with Crippen LogP contribution in [0.2, 0.25) is 0 Å². The van der Waals surface area contributed by atoms with Crippen molar-refractivity contribution in [3.63, 3.8) is 0 Å². The molecule has 0 fully saturated rings. The Labute approximate surface area is 166 Å². The third-order valence-corrected chi connectivity index (χ3v) is 4.57. The SMILES string of the molecule is CCc1ccc(OCCc2ccc(C(C)OC(=O)c3ccccc3)cn2)cc1. The Morgan fingerprint density at radius 1 is 1.00 bits per heavy atom. The minimum absolute atomic E-state index is 0.334. The highest BCUT2D eigenvalue weighted by molar-refractivity contribution is 5.89. The minimum Gasteiger partial charge on any atom is -0.493 e. The van der Waals surface area contributed by atoms with Crippen LogP contribution in [0, 0.1) is 0 Å². The fourth-order valence-electron chi connectivity index (χ4n) is 2.79. The first-order chi connectivity index (χ1) is 13.7. The third kappa shape index (κ3) is 5.43. The van der Waals surface area contributed by atoms with Crippen LogP contribution < -0.4 is 4.74 Å². The molecule has 0 saturated heterocycles. The van der Waals surface area contributed by atoms with E-state index in [4.69, 9.17) is 9.47 Å². The summed E-state index contributed by atoms with van der Waals surface area (Å²) < 4.78 is 11.3. The molecule has 0 spiro atoms. The smallest absolute Gasteiger partial charge is 0.338 e. The zero-order valence-electron chi connectivity index (χ0n) is 16.3. The highest BCUT2D eigenvalue weighted by Crippen LogP contribution is 2.18. The Kier molecular flexibility index (Phi) is 6.79. The Balaban J connectivity index is 1.49. The third-order valence-electron chi connectivity index (χ3n) is 4.57. The molecule has 0 N–H and O–H groups in total. The summed E-state index contributed by atoms with van der Waals surface area (Å²) in [6, 6.07) is 21.0. The first-order valence-corrected chi connectivity index (χ1v) is 9.58. The molecule has 4 heteroatoms. The molecule has 0 aliphatic rings. The van der Waals surface area contributed by atoms with Gasteiger partial charge in [-0.2, -0.15) is 0 Å². The largest absolute Gasteiger partial charge is 0.493 e. The summed E-state index contributed by atoms with van der Waals surface area (Å²) in [4.78, 5) is 16.6. The van der Waals surface area contributed by atoms with Gasteiger partial charge >= 0.3 is 5.97 Å². The number of carbonyl (C=O) groups excluding carboxylic acids is 1. The van der Waals surface area contributed by atoms with Crippen molar-refractivity contribution in [1.29, 1.82) is 0 Å². The quantitative estimate of drug-likeness (QED) is 0.509. The van der Waals surface area contributed by atoms with Crippen LogP contribution in [0.15, 0.2) is 72.9 Å². The van der Waals surface area contributed by atoms with E-state index in [0.717, 1.165) is 23.4 Å². The molecule has 1 unspecified atom stereocenters. The van der Waals surface area contributed by atoms with E-state index in [1.807, 2.05) is 49.4 Å². The number of pyridine rings is 1. The van der Waals surface area contributed by atoms with Crippen molar-refractivity contribution in [2.75, 3.05) is 6.61 Å². The predicted molar refractivity (Wildman–Crippen MR) is 110 cm³/mol. The van der Waals surface area contributed by atoms with E-state index >= 15 is 0 Å². The van der Waals surface area contributed by atoms with Gasteiger partial charge in [0.15, 0.2) is 0 Å². The monoisotopic (exact) mass is 375 g/mol. The van der Waals surface area contributed by atoms with Gasteiger partial charge in [0.2, 0.25) is 0 Å². The minimum atomic E-state index is -0.359. The molecule has 0 saturated carbocycles. The summed E-state index contributed by atoms with van der Waals surface area (Å²) in [5.74, 6) is 0.537. The first kappa shape index (κ1) is 19.6. The Morgan fingerprint density at radius 2 is 1.75 bits per heavy atom. The topological polar surface area (TPSA) is 48.4 Å². The van der Waals surface area contributed by atoms with E-state index in [2.05, 4.69) is 24.0 Å². The highest BCUT2D eigenvalue weighted by Gasteiger charge is 2.13. The number of benzene rings is 2. The van der Waals surface area contributed by atoms with E-state index < -0.39 is 0 Å². The number of hydrogen-bond acceptors (Lipinski definition) is 4. The van der Waals surface area contributed by atoms with Crippen LogP contribution in [0.25, 0.3) is 0 Å². The number of carbonyl (C=O) groups is 1. The summed E-state index contributed by atoms with van der Waals surface area (Å²) in [5, 5.41) is 0. The zero-order valence-corrected chi connectivity index (χ0v) is 16.3. The number of aromatic nitrogens is 1. The summed E-state index contributed by atoms with van der Waals surface area (Å²) >= 11 is 0. The normalized spacial score (nSPS) is 11.6. The molecule has 144 valence electrons. The molecule has 0 bridgehead atoms. The van der Waals surface area contributed by atoms with Gasteiger partial charge in [0, 0.05) is 23.9 Å².